The first-order valence-corrected chi connectivity index (χ1v) is 7.44. The monoisotopic (exact) mass is 384 g/mol. The van der Waals surface area contributed by atoms with E-state index in [2.05, 4.69) is 55.1 Å². The number of guanidine groups is 1. The van der Waals surface area contributed by atoms with Crippen LogP contribution in [0.2, 0.25) is 0 Å². The molecule has 0 radical (unpaired) electrons. The van der Waals surface area contributed by atoms with E-state index in [4.69, 9.17) is 0 Å². The second kappa shape index (κ2) is 14.4. The molecule has 0 saturated carbocycles. The Morgan fingerprint density at radius 2 is 1.79 bits per heavy atom. The third-order valence-electron chi connectivity index (χ3n) is 3.05. The summed E-state index contributed by atoms with van der Waals surface area (Å²) >= 11 is 0. The summed E-state index contributed by atoms with van der Waals surface area (Å²) in [5.74, 6) is 0.940. The number of nitrogens with one attached hydrogen (secondary N) is 2. The van der Waals surface area contributed by atoms with Crippen molar-refractivity contribution in [3.05, 3.63) is 0 Å². The Labute approximate surface area is 136 Å². The summed E-state index contributed by atoms with van der Waals surface area (Å²) in [6, 6.07) is 0.477. The van der Waals surface area contributed by atoms with Crippen LogP contribution in [0.4, 0.5) is 0 Å². The average molecular weight is 384 g/mol. The van der Waals surface area contributed by atoms with Gasteiger partial charge in [0.1, 0.15) is 0 Å². The third-order valence-corrected chi connectivity index (χ3v) is 3.05. The molecule has 0 aromatic rings. The van der Waals surface area contributed by atoms with Gasteiger partial charge in [-0.2, -0.15) is 0 Å². The van der Waals surface area contributed by atoms with Gasteiger partial charge in [-0.05, 0) is 53.2 Å². The Morgan fingerprint density at radius 3 is 2.26 bits per heavy atom. The smallest absolute Gasteiger partial charge is 0.191 e. The fraction of sp³-hybridized carbons (Fsp3) is 0.929. The van der Waals surface area contributed by atoms with Gasteiger partial charge >= 0.3 is 0 Å². The van der Waals surface area contributed by atoms with E-state index in [-0.39, 0.29) is 24.0 Å². The number of nitrogens with zero attached hydrogens (tertiary/aromatic N) is 2. The van der Waals surface area contributed by atoms with Crippen molar-refractivity contribution in [1.29, 1.82) is 0 Å². The standard InChI is InChI=1S/C14H32N4.HI/c1-6-15-14(16-7-2)17-13(5)11-10-12-18(8-3)9-4;/h13H,6-12H2,1-5H3,(H2,15,16,17);1H. The van der Waals surface area contributed by atoms with E-state index in [0.717, 1.165) is 32.1 Å². The highest BCUT2D eigenvalue weighted by atomic mass is 127. The summed E-state index contributed by atoms with van der Waals surface area (Å²) in [6.07, 6.45) is 2.42. The predicted molar refractivity (Wildman–Crippen MR) is 96.7 cm³/mol. The molecule has 0 saturated heterocycles. The molecule has 0 amide bonds. The minimum absolute atomic E-state index is 0. The maximum absolute atomic E-state index is 4.41. The van der Waals surface area contributed by atoms with Gasteiger partial charge in [0.25, 0.3) is 0 Å². The molecule has 0 aliphatic carbocycles. The molecule has 4 nitrogen and oxygen atoms in total. The Bertz CT molecular complexity index is 217. The van der Waals surface area contributed by atoms with Crippen molar-refractivity contribution in [3.8, 4) is 0 Å². The lowest BCUT2D eigenvalue weighted by atomic mass is 10.2. The van der Waals surface area contributed by atoms with Crippen molar-refractivity contribution in [1.82, 2.24) is 15.5 Å². The molecule has 0 aliphatic rings. The normalized spacial score (nSPS) is 13.1. The predicted octanol–water partition coefficient (Wildman–Crippen LogP) is 2.69. The van der Waals surface area contributed by atoms with E-state index < -0.39 is 0 Å². The SMILES string of the molecule is CCN=C(NCC)NC(C)CCCN(CC)CC.I. The molecule has 0 fully saturated rings. The summed E-state index contributed by atoms with van der Waals surface area (Å²) in [5, 5.41) is 6.71. The molecule has 0 bridgehead atoms. The average Bonchev–Trinajstić information content (AvgIpc) is 2.35. The van der Waals surface area contributed by atoms with E-state index in [9.17, 15) is 0 Å². The first-order valence-electron chi connectivity index (χ1n) is 7.44. The number of rotatable bonds is 9. The van der Waals surface area contributed by atoms with Gasteiger partial charge in [-0.3, -0.25) is 4.99 Å². The lowest BCUT2D eigenvalue weighted by Crippen LogP contribution is -2.42. The molecule has 5 heteroatoms. The lowest BCUT2D eigenvalue weighted by molar-refractivity contribution is 0.292. The maximum atomic E-state index is 4.41. The highest BCUT2D eigenvalue weighted by Crippen LogP contribution is 1.99. The van der Waals surface area contributed by atoms with Gasteiger partial charge in [-0.25, -0.2) is 0 Å². The lowest BCUT2D eigenvalue weighted by Gasteiger charge is -2.21. The first-order chi connectivity index (χ1) is 8.67. The summed E-state index contributed by atoms with van der Waals surface area (Å²) in [7, 11) is 0. The zero-order chi connectivity index (χ0) is 13.8. The zero-order valence-corrected chi connectivity index (χ0v) is 15.7. The molecule has 116 valence electrons. The minimum atomic E-state index is 0. The van der Waals surface area contributed by atoms with Gasteiger partial charge < -0.3 is 15.5 Å². The Kier molecular flexibility index (Phi) is 16.1. The highest BCUT2D eigenvalue weighted by molar-refractivity contribution is 14.0. The van der Waals surface area contributed by atoms with Crippen molar-refractivity contribution in [2.24, 2.45) is 4.99 Å². The molecule has 1 unspecified atom stereocenters. The van der Waals surface area contributed by atoms with E-state index in [1.807, 2.05) is 0 Å². The van der Waals surface area contributed by atoms with Gasteiger partial charge in [0.15, 0.2) is 5.96 Å². The summed E-state index contributed by atoms with van der Waals surface area (Å²) < 4.78 is 0. The fourth-order valence-corrected chi connectivity index (χ4v) is 1.94. The van der Waals surface area contributed by atoms with Gasteiger partial charge in [0, 0.05) is 19.1 Å². The van der Waals surface area contributed by atoms with Crippen molar-refractivity contribution >= 4 is 29.9 Å². The van der Waals surface area contributed by atoms with Crippen LogP contribution < -0.4 is 10.6 Å². The van der Waals surface area contributed by atoms with E-state index in [1.165, 1.54) is 19.4 Å². The largest absolute Gasteiger partial charge is 0.357 e. The van der Waals surface area contributed by atoms with Crippen LogP contribution in [0.3, 0.4) is 0 Å². The number of aliphatic imine (C=N–C) groups is 1. The van der Waals surface area contributed by atoms with Gasteiger partial charge in [0.05, 0.1) is 0 Å². The van der Waals surface area contributed by atoms with E-state index in [0.29, 0.717) is 6.04 Å². The molecule has 0 aliphatic heterocycles. The Balaban J connectivity index is 0. The number of hydrogen-bond acceptors (Lipinski definition) is 2. The van der Waals surface area contributed by atoms with Gasteiger partial charge in [-0.1, -0.05) is 13.8 Å². The van der Waals surface area contributed by atoms with Crippen LogP contribution in [0.25, 0.3) is 0 Å². The van der Waals surface area contributed by atoms with Crippen LogP contribution in [0.5, 0.6) is 0 Å². The number of halogens is 1. The van der Waals surface area contributed by atoms with Crippen LogP contribution in [-0.4, -0.2) is 49.6 Å². The molecule has 1 atom stereocenters. The summed E-state index contributed by atoms with van der Waals surface area (Å²) in [4.78, 5) is 6.88. The zero-order valence-electron chi connectivity index (χ0n) is 13.3. The molecule has 19 heavy (non-hydrogen) atoms. The van der Waals surface area contributed by atoms with Crippen LogP contribution >= 0.6 is 24.0 Å². The van der Waals surface area contributed by atoms with E-state index in [1.54, 1.807) is 0 Å². The maximum Gasteiger partial charge on any atom is 0.191 e. The number of hydrogen-bond donors (Lipinski definition) is 2. The van der Waals surface area contributed by atoms with Crippen molar-refractivity contribution in [3.63, 3.8) is 0 Å². The topological polar surface area (TPSA) is 39.7 Å². The van der Waals surface area contributed by atoms with Crippen molar-refractivity contribution in [2.45, 2.75) is 53.5 Å². The van der Waals surface area contributed by atoms with Crippen LogP contribution in [-0.2, 0) is 0 Å². The van der Waals surface area contributed by atoms with Crippen LogP contribution in [0, 0.1) is 0 Å². The first kappa shape index (κ1) is 21.3. The van der Waals surface area contributed by atoms with Gasteiger partial charge in [0.2, 0.25) is 0 Å². The van der Waals surface area contributed by atoms with Crippen LogP contribution in [0.1, 0.15) is 47.5 Å². The molecule has 0 aromatic carbocycles. The molecule has 0 heterocycles. The molecular weight excluding hydrogens is 351 g/mol. The second-order valence-corrected chi connectivity index (χ2v) is 4.57. The molecule has 0 aromatic heterocycles. The molecule has 0 rings (SSSR count). The van der Waals surface area contributed by atoms with Crippen LogP contribution in [0.15, 0.2) is 4.99 Å². The van der Waals surface area contributed by atoms with Crippen molar-refractivity contribution in [2.75, 3.05) is 32.7 Å². The molecule has 0 spiro atoms. The van der Waals surface area contributed by atoms with E-state index >= 15 is 0 Å². The van der Waals surface area contributed by atoms with Gasteiger partial charge in [-0.15, -0.1) is 24.0 Å². The van der Waals surface area contributed by atoms with Crippen molar-refractivity contribution < 1.29 is 0 Å². The quantitative estimate of drug-likeness (QED) is 0.365. The second-order valence-electron chi connectivity index (χ2n) is 4.57. The summed E-state index contributed by atoms with van der Waals surface area (Å²) in [6.45, 7) is 16.1. The summed E-state index contributed by atoms with van der Waals surface area (Å²) in [5.41, 5.74) is 0. The Morgan fingerprint density at radius 1 is 1.16 bits per heavy atom. The third kappa shape index (κ3) is 11.5. The molecular formula is C14H33IN4. The fourth-order valence-electron chi connectivity index (χ4n) is 1.94. The Hall–Kier alpha value is -0.0400. The highest BCUT2D eigenvalue weighted by Gasteiger charge is 2.05. The minimum Gasteiger partial charge on any atom is -0.357 e. The molecule has 2 N–H and O–H groups in total.